The number of alkyl halides is 1. The van der Waals surface area contributed by atoms with E-state index < -0.39 is 17.6 Å². The second-order valence-corrected chi connectivity index (χ2v) is 7.73. The molecule has 30 heavy (non-hydrogen) atoms. The van der Waals surface area contributed by atoms with Crippen molar-refractivity contribution in [2.45, 2.75) is 32.0 Å². The number of carbonyl (C=O) groups excluding carboxylic acids is 1. The Hall–Kier alpha value is -3.62. The third-order valence-corrected chi connectivity index (χ3v) is 5.20. The molecule has 4 aromatic rings. The Morgan fingerprint density at radius 3 is 2.87 bits per heavy atom. The molecule has 3 aromatic heterocycles. The van der Waals surface area contributed by atoms with Crippen LogP contribution in [0.1, 0.15) is 53.5 Å². The molecule has 1 aromatic carbocycles. The summed E-state index contributed by atoms with van der Waals surface area (Å²) in [6, 6.07) is 11.1. The van der Waals surface area contributed by atoms with E-state index in [2.05, 4.69) is 20.2 Å². The number of aromatic amines is 1. The minimum absolute atomic E-state index is 0.233. The third-order valence-electron chi connectivity index (χ3n) is 5.20. The van der Waals surface area contributed by atoms with Gasteiger partial charge in [0.2, 0.25) is 0 Å². The number of pyridine rings is 1. The highest BCUT2D eigenvalue weighted by Gasteiger charge is 2.38. The number of fused-ring (bicyclic) bond motifs is 2. The smallest absolute Gasteiger partial charge is 0.312 e. The summed E-state index contributed by atoms with van der Waals surface area (Å²) >= 11 is 0. The number of para-hydroxylation sites is 1. The number of rotatable bonds is 3. The number of imidazole rings is 1. The van der Waals surface area contributed by atoms with Crippen molar-refractivity contribution in [1.29, 1.82) is 0 Å². The number of halogens is 1. The maximum atomic E-state index is 14.1. The van der Waals surface area contributed by atoms with Crippen LogP contribution in [0.4, 0.5) is 4.39 Å². The van der Waals surface area contributed by atoms with Crippen molar-refractivity contribution in [3.8, 4) is 0 Å². The molecule has 152 valence electrons. The Kier molecular flexibility index (Phi) is 4.12. The molecule has 0 bridgehead atoms. The summed E-state index contributed by atoms with van der Waals surface area (Å²) in [6.45, 7) is 3.00. The first-order valence-electron chi connectivity index (χ1n) is 9.63. The average molecular weight is 406 g/mol. The topological polar surface area (TPSA) is 101 Å². The number of H-pyrrole nitrogens is 1. The lowest BCUT2D eigenvalue weighted by Crippen LogP contribution is -2.41. The maximum absolute atomic E-state index is 14.1. The molecular formula is C21H19FN6O2. The first kappa shape index (κ1) is 18.4. The molecule has 1 aliphatic rings. The summed E-state index contributed by atoms with van der Waals surface area (Å²) in [6.07, 6.45) is 2.21. The Morgan fingerprint density at radius 2 is 2.07 bits per heavy atom. The highest BCUT2D eigenvalue weighted by Crippen LogP contribution is 2.34. The van der Waals surface area contributed by atoms with Gasteiger partial charge in [0.15, 0.2) is 5.67 Å². The molecule has 0 saturated carbocycles. The summed E-state index contributed by atoms with van der Waals surface area (Å²) in [5.74, 6) is -0.962. The first-order chi connectivity index (χ1) is 14.4. The molecule has 0 fully saturated rings. The predicted molar refractivity (Wildman–Crippen MR) is 105 cm³/mol. The Bertz CT molecular complexity index is 1240. The Labute approximate surface area is 171 Å². The van der Waals surface area contributed by atoms with Gasteiger partial charge in [-0.1, -0.05) is 24.3 Å². The van der Waals surface area contributed by atoms with Gasteiger partial charge < -0.3 is 14.3 Å². The van der Waals surface area contributed by atoms with E-state index in [1.54, 1.807) is 11.2 Å². The van der Waals surface area contributed by atoms with Crippen LogP contribution < -0.4 is 0 Å². The first-order valence-corrected chi connectivity index (χ1v) is 9.63. The molecule has 1 N–H and O–H groups in total. The van der Waals surface area contributed by atoms with Crippen molar-refractivity contribution >= 4 is 16.8 Å². The van der Waals surface area contributed by atoms with Gasteiger partial charge in [-0.05, 0) is 26.0 Å². The van der Waals surface area contributed by atoms with E-state index in [4.69, 9.17) is 9.40 Å². The van der Waals surface area contributed by atoms with Crippen molar-refractivity contribution in [2.24, 2.45) is 0 Å². The van der Waals surface area contributed by atoms with Crippen LogP contribution in [0.5, 0.6) is 0 Å². The van der Waals surface area contributed by atoms with Crippen molar-refractivity contribution in [2.75, 3.05) is 6.54 Å². The van der Waals surface area contributed by atoms with Gasteiger partial charge in [-0.2, -0.15) is 0 Å². The molecule has 5 rings (SSSR count). The van der Waals surface area contributed by atoms with Gasteiger partial charge in [0, 0.05) is 24.0 Å². The highest BCUT2D eigenvalue weighted by molar-refractivity contribution is 5.90. The molecule has 0 saturated heterocycles. The number of amides is 1. The third kappa shape index (κ3) is 3.02. The molecule has 9 heteroatoms. The summed E-state index contributed by atoms with van der Waals surface area (Å²) in [4.78, 5) is 27.2. The van der Waals surface area contributed by atoms with Crippen LogP contribution in [-0.4, -0.2) is 42.5 Å². The van der Waals surface area contributed by atoms with E-state index in [9.17, 15) is 9.18 Å². The number of carbonyl (C=O) groups is 1. The van der Waals surface area contributed by atoms with Gasteiger partial charge >= 0.3 is 11.8 Å². The lowest BCUT2D eigenvalue weighted by molar-refractivity contribution is 0.0636. The molecule has 1 amide bonds. The molecule has 0 spiro atoms. The summed E-state index contributed by atoms with van der Waals surface area (Å²) in [5.41, 5.74) is 1.35. The van der Waals surface area contributed by atoms with Gasteiger partial charge in [0.25, 0.3) is 5.89 Å². The Balaban J connectivity index is 1.58. The SMILES string of the molecule is CC(C)(F)c1nnc(C(=O)N2CCc3[nH]cnc3[C@@H]2c2ccc3ccccc3n2)o1. The number of benzene rings is 1. The van der Waals surface area contributed by atoms with Gasteiger partial charge in [-0.3, -0.25) is 9.78 Å². The van der Waals surface area contributed by atoms with Gasteiger partial charge in [-0.25, -0.2) is 9.37 Å². The molecule has 1 aliphatic heterocycles. The van der Waals surface area contributed by atoms with Gasteiger partial charge in [0.1, 0.15) is 6.04 Å². The minimum atomic E-state index is -1.83. The fourth-order valence-electron chi connectivity index (χ4n) is 3.70. The fourth-order valence-corrected chi connectivity index (χ4v) is 3.70. The predicted octanol–water partition coefficient (Wildman–Crippen LogP) is 3.33. The Morgan fingerprint density at radius 1 is 1.23 bits per heavy atom. The highest BCUT2D eigenvalue weighted by atomic mass is 19.1. The number of nitrogens with zero attached hydrogens (tertiary/aromatic N) is 5. The molecule has 1 atom stereocenters. The van der Waals surface area contributed by atoms with Gasteiger partial charge in [-0.15, -0.1) is 10.2 Å². The molecular weight excluding hydrogens is 387 g/mol. The fraction of sp³-hybridized carbons (Fsp3) is 0.286. The monoisotopic (exact) mass is 406 g/mol. The van der Waals surface area contributed by atoms with Crippen LogP contribution in [0.2, 0.25) is 0 Å². The van der Waals surface area contributed by atoms with Crippen LogP contribution in [0.15, 0.2) is 47.1 Å². The van der Waals surface area contributed by atoms with Crippen LogP contribution in [0.3, 0.4) is 0 Å². The van der Waals surface area contributed by atoms with E-state index in [0.29, 0.717) is 18.7 Å². The quantitative estimate of drug-likeness (QED) is 0.560. The second kappa shape index (κ2) is 6.72. The van der Waals surface area contributed by atoms with E-state index in [0.717, 1.165) is 22.3 Å². The van der Waals surface area contributed by atoms with Crippen LogP contribution in [0, 0.1) is 0 Å². The van der Waals surface area contributed by atoms with E-state index in [1.165, 1.54) is 13.8 Å². The molecule has 8 nitrogen and oxygen atoms in total. The maximum Gasteiger partial charge on any atom is 0.312 e. The van der Waals surface area contributed by atoms with E-state index >= 15 is 0 Å². The van der Waals surface area contributed by atoms with Crippen molar-refractivity contribution < 1.29 is 13.6 Å². The average Bonchev–Trinajstić information content (AvgIpc) is 3.41. The number of hydrogen-bond donors (Lipinski definition) is 1. The largest absolute Gasteiger partial charge is 0.413 e. The number of nitrogens with one attached hydrogen (secondary N) is 1. The zero-order chi connectivity index (χ0) is 20.9. The summed E-state index contributed by atoms with van der Waals surface area (Å²) < 4.78 is 19.5. The van der Waals surface area contributed by atoms with Crippen LogP contribution >= 0.6 is 0 Å². The molecule has 0 unspecified atom stereocenters. The molecule has 0 radical (unpaired) electrons. The lowest BCUT2D eigenvalue weighted by Gasteiger charge is -2.33. The number of hydrogen-bond acceptors (Lipinski definition) is 6. The van der Waals surface area contributed by atoms with Crippen molar-refractivity contribution in [1.82, 2.24) is 30.0 Å². The standard InChI is InChI=1S/C21H19FN6O2/c1-21(2,22)20-27-26-18(30-20)19(29)28-10-9-14-16(24-11-23-14)17(28)15-8-7-12-5-3-4-6-13(12)25-15/h3-8,11,17H,9-10H2,1-2H3,(H,23,24)/t17-/m0/s1. The van der Waals surface area contributed by atoms with Crippen LogP contribution in [0.25, 0.3) is 10.9 Å². The summed E-state index contributed by atoms with van der Waals surface area (Å²) in [5, 5.41) is 8.49. The molecule has 4 heterocycles. The second-order valence-electron chi connectivity index (χ2n) is 7.73. The van der Waals surface area contributed by atoms with Crippen molar-refractivity contribution in [3.63, 3.8) is 0 Å². The van der Waals surface area contributed by atoms with E-state index in [-0.39, 0.29) is 11.8 Å². The summed E-state index contributed by atoms with van der Waals surface area (Å²) in [7, 11) is 0. The van der Waals surface area contributed by atoms with Crippen molar-refractivity contribution in [3.05, 3.63) is 71.6 Å². The zero-order valence-corrected chi connectivity index (χ0v) is 16.5. The molecule has 0 aliphatic carbocycles. The number of aromatic nitrogens is 5. The van der Waals surface area contributed by atoms with Gasteiger partial charge in [0.05, 0.1) is 23.2 Å². The lowest BCUT2D eigenvalue weighted by atomic mass is 9.98. The normalized spacial score (nSPS) is 16.6. The minimum Gasteiger partial charge on any atom is -0.413 e. The van der Waals surface area contributed by atoms with Crippen LogP contribution in [-0.2, 0) is 12.1 Å². The van der Waals surface area contributed by atoms with E-state index in [1.807, 2.05) is 36.4 Å². The zero-order valence-electron chi connectivity index (χ0n) is 16.5.